The Morgan fingerprint density at radius 2 is 2.36 bits per heavy atom. The Labute approximate surface area is 69.1 Å². The van der Waals surface area contributed by atoms with E-state index in [-0.39, 0.29) is 5.60 Å². The molecule has 0 bridgehead atoms. The number of ether oxygens (including phenoxy) is 1. The number of hydrogen-bond acceptors (Lipinski definition) is 2. The van der Waals surface area contributed by atoms with Gasteiger partial charge in [0.05, 0.1) is 5.60 Å². The first-order chi connectivity index (χ1) is 5.20. The topological polar surface area (TPSA) is 35.2 Å². The third-order valence-electron chi connectivity index (χ3n) is 2.78. The summed E-state index contributed by atoms with van der Waals surface area (Å²) in [6, 6.07) is 0. The highest BCUT2D eigenvalue weighted by Crippen LogP contribution is 2.30. The van der Waals surface area contributed by atoms with Gasteiger partial charge in [-0.25, -0.2) is 0 Å². The predicted octanol–water partition coefficient (Wildman–Crippen LogP) is 1.54. The molecule has 2 unspecified atom stereocenters. The van der Waals surface area contributed by atoms with Gasteiger partial charge in [-0.05, 0) is 38.6 Å². The molecule has 66 valence electrons. The molecular weight excluding hydrogens is 138 g/mol. The second kappa shape index (κ2) is 3.55. The maximum Gasteiger partial charge on any atom is 0.0655 e. The Bertz CT molecular complexity index is 127. The van der Waals surface area contributed by atoms with Crippen LogP contribution < -0.4 is 5.73 Å². The van der Waals surface area contributed by atoms with E-state index >= 15 is 0 Å². The minimum absolute atomic E-state index is 0.113. The second-order valence-electron chi connectivity index (χ2n) is 3.75. The Balaban J connectivity index is 2.44. The summed E-state index contributed by atoms with van der Waals surface area (Å²) in [6.07, 6.45) is 3.38. The highest BCUT2D eigenvalue weighted by atomic mass is 16.5. The molecule has 2 heteroatoms. The van der Waals surface area contributed by atoms with Crippen LogP contribution in [-0.4, -0.2) is 18.8 Å². The summed E-state index contributed by atoms with van der Waals surface area (Å²) in [5.74, 6) is 0.689. The minimum atomic E-state index is 0.113. The molecule has 11 heavy (non-hydrogen) atoms. The van der Waals surface area contributed by atoms with E-state index in [2.05, 4.69) is 13.8 Å². The molecule has 0 aromatic heterocycles. The van der Waals surface area contributed by atoms with Gasteiger partial charge in [0.2, 0.25) is 0 Å². The fraction of sp³-hybridized carbons (Fsp3) is 1.00. The molecule has 0 aromatic rings. The summed E-state index contributed by atoms with van der Waals surface area (Å²) < 4.78 is 5.69. The number of hydrogen-bond donors (Lipinski definition) is 1. The van der Waals surface area contributed by atoms with E-state index in [1.807, 2.05) is 0 Å². The Hall–Kier alpha value is -0.0800. The first-order valence-electron chi connectivity index (χ1n) is 4.54. The van der Waals surface area contributed by atoms with E-state index < -0.39 is 0 Å². The molecule has 1 heterocycles. The van der Waals surface area contributed by atoms with E-state index in [1.54, 1.807) is 0 Å². The molecule has 0 aliphatic carbocycles. The van der Waals surface area contributed by atoms with Crippen LogP contribution in [0.4, 0.5) is 0 Å². The smallest absolute Gasteiger partial charge is 0.0655 e. The lowest BCUT2D eigenvalue weighted by atomic mass is 9.85. The van der Waals surface area contributed by atoms with Gasteiger partial charge in [0, 0.05) is 6.61 Å². The summed E-state index contributed by atoms with van der Waals surface area (Å²) in [7, 11) is 0. The van der Waals surface area contributed by atoms with Gasteiger partial charge < -0.3 is 10.5 Å². The SMILES string of the molecule is CCC1(C)CC(CN)CCO1. The number of nitrogens with two attached hydrogens (primary N) is 1. The molecule has 2 atom stereocenters. The molecule has 0 aromatic carbocycles. The summed E-state index contributed by atoms with van der Waals surface area (Å²) in [4.78, 5) is 0. The van der Waals surface area contributed by atoms with Crippen LogP contribution in [0.2, 0.25) is 0 Å². The van der Waals surface area contributed by atoms with Gasteiger partial charge in [0.1, 0.15) is 0 Å². The van der Waals surface area contributed by atoms with Gasteiger partial charge >= 0.3 is 0 Å². The Kier molecular flexibility index (Phi) is 2.90. The fourth-order valence-corrected chi connectivity index (χ4v) is 1.69. The van der Waals surface area contributed by atoms with Crippen molar-refractivity contribution >= 4 is 0 Å². The summed E-state index contributed by atoms with van der Waals surface area (Å²) >= 11 is 0. The summed E-state index contributed by atoms with van der Waals surface area (Å²) in [5.41, 5.74) is 5.74. The van der Waals surface area contributed by atoms with Crippen molar-refractivity contribution in [2.45, 2.75) is 38.7 Å². The Morgan fingerprint density at radius 3 is 2.91 bits per heavy atom. The van der Waals surface area contributed by atoms with Gasteiger partial charge in [0.25, 0.3) is 0 Å². The second-order valence-corrected chi connectivity index (χ2v) is 3.75. The summed E-state index contributed by atoms with van der Waals surface area (Å²) in [5, 5.41) is 0. The van der Waals surface area contributed by atoms with Crippen LogP contribution in [0, 0.1) is 5.92 Å². The largest absolute Gasteiger partial charge is 0.375 e. The van der Waals surface area contributed by atoms with Crippen molar-refractivity contribution in [1.29, 1.82) is 0 Å². The van der Waals surface area contributed by atoms with Crippen LogP contribution in [-0.2, 0) is 4.74 Å². The fourth-order valence-electron chi connectivity index (χ4n) is 1.69. The highest BCUT2D eigenvalue weighted by Gasteiger charge is 2.30. The van der Waals surface area contributed by atoms with E-state index in [1.165, 1.54) is 0 Å². The van der Waals surface area contributed by atoms with Crippen LogP contribution >= 0.6 is 0 Å². The Morgan fingerprint density at radius 1 is 1.64 bits per heavy atom. The van der Waals surface area contributed by atoms with E-state index in [4.69, 9.17) is 10.5 Å². The maximum absolute atomic E-state index is 5.69. The van der Waals surface area contributed by atoms with Crippen LogP contribution in [0.1, 0.15) is 33.1 Å². The molecule has 1 aliphatic rings. The van der Waals surface area contributed by atoms with Crippen LogP contribution in [0.5, 0.6) is 0 Å². The normalized spacial score (nSPS) is 39.0. The van der Waals surface area contributed by atoms with Crippen molar-refractivity contribution < 1.29 is 4.74 Å². The standard InChI is InChI=1S/C9H19NO/c1-3-9(2)6-8(7-10)4-5-11-9/h8H,3-7,10H2,1-2H3. The molecular formula is C9H19NO. The monoisotopic (exact) mass is 157 g/mol. The molecule has 1 rings (SSSR count). The lowest BCUT2D eigenvalue weighted by molar-refractivity contribution is -0.0854. The van der Waals surface area contributed by atoms with Crippen molar-refractivity contribution in [2.24, 2.45) is 11.7 Å². The molecule has 1 fully saturated rings. The molecule has 0 radical (unpaired) electrons. The lowest BCUT2D eigenvalue weighted by Crippen LogP contribution is -2.38. The third kappa shape index (κ3) is 2.17. The van der Waals surface area contributed by atoms with Crippen LogP contribution in [0.25, 0.3) is 0 Å². The lowest BCUT2D eigenvalue weighted by Gasteiger charge is -2.37. The van der Waals surface area contributed by atoms with E-state index in [0.717, 1.165) is 32.4 Å². The zero-order chi connectivity index (χ0) is 8.32. The van der Waals surface area contributed by atoms with Crippen molar-refractivity contribution in [3.8, 4) is 0 Å². The first kappa shape index (κ1) is 9.01. The summed E-state index contributed by atoms with van der Waals surface area (Å²) in [6.45, 7) is 6.08. The van der Waals surface area contributed by atoms with Crippen LogP contribution in [0.3, 0.4) is 0 Å². The molecule has 1 aliphatic heterocycles. The predicted molar refractivity (Wildman–Crippen MR) is 46.4 cm³/mol. The van der Waals surface area contributed by atoms with Crippen molar-refractivity contribution in [2.75, 3.05) is 13.2 Å². The zero-order valence-electron chi connectivity index (χ0n) is 7.60. The van der Waals surface area contributed by atoms with Gasteiger partial charge in [-0.2, -0.15) is 0 Å². The average molecular weight is 157 g/mol. The quantitative estimate of drug-likeness (QED) is 0.660. The molecule has 2 N–H and O–H groups in total. The molecule has 0 spiro atoms. The third-order valence-corrected chi connectivity index (χ3v) is 2.78. The van der Waals surface area contributed by atoms with Crippen LogP contribution in [0.15, 0.2) is 0 Å². The van der Waals surface area contributed by atoms with Crippen molar-refractivity contribution in [1.82, 2.24) is 0 Å². The van der Waals surface area contributed by atoms with Gasteiger partial charge in [0.15, 0.2) is 0 Å². The van der Waals surface area contributed by atoms with Crippen molar-refractivity contribution in [3.05, 3.63) is 0 Å². The first-order valence-corrected chi connectivity index (χ1v) is 4.54. The molecule has 1 saturated heterocycles. The maximum atomic E-state index is 5.69. The van der Waals surface area contributed by atoms with E-state index in [0.29, 0.717) is 5.92 Å². The molecule has 0 amide bonds. The highest BCUT2D eigenvalue weighted by molar-refractivity contribution is 4.81. The minimum Gasteiger partial charge on any atom is -0.375 e. The molecule has 0 saturated carbocycles. The van der Waals surface area contributed by atoms with Gasteiger partial charge in [-0.1, -0.05) is 6.92 Å². The van der Waals surface area contributed by atoms with Gasteiger partial charge in [-0.15, -0.1) is 0 Å². The van der Waals surface area contributed by atoms with Gasteiger partial charge in [-0.3, -0.25) is 0 Å². The van der Waals surface area contributed by atoms with Crippen molar-refractivity contribution in [3.63, 3.8) is 0 Å². The van der Waals surface area contributed by atoms with E-state index in [9.17, 15) is 0 Å². The zero-order valence-corrected chi connectivity index (χ0v) is 7.60. The average Bonchev–Trinajstić information content (AvgIpc) is 2.05. The number of rotatable bonds is 2. The molecule has 2 nitrogen and oxygen atoms in total.